The van der Waals surface area contributed by atoms with Gasteiger partial charge in [-0.2, -0.15) is 10.2 Å². The SMILES string of the molecule is CC(N)C(=NC(C)C(=O)c1c(C(C)C)nn2ccccc12)c1c(C(C)C)nn2ccccc12. The smallest absolute Gasteiger partial charge is 0.191 e. The Hall–Kier alpha value is -3.32. The molecule has 2 unspecified atom stereocenters. The summed E-state index contributed by atoms with van der Waals surface area (Å²) in [6, 6.07) is 10.7. The average molecular weight is 445 g/mol. The Labute approximate surface area is 194 Å². The molecule has 4 aromatic heterocycles. The maximum Gasteiger partial charge on any atom is 0.191 e. The number of fused-ring (bicyclic) bond motifs is 2. The summed E-state index contributed by atoms with van der Waals surface area (Å²) in [4.78, 5) is 18.7. The molecule has 0 spiro atoms. The second kappa shape index (κ2) is 8.90. The van der Waals surface area contributed by atoms with Crippen molar-refractivity contribution in [1.82, 2.24) is 19.2 Å². The van der Waals surface area contributed by atoms with Crippen LogP contribution in [0.2, 0.25) is 0 Å². The quantitative estimate of drug-likeness (QED) is 0.332. The maximum atomic E-state index is 13.7. The second-order valence-corrected chi connectivity index (χ2v) is 9.23. The highest BCUT2D eigenvalue weighted by Crippen LogP contribution is 2.27. The van der Waals surface area contributed by atoms with Crippen molar-refractivity contribution in [3.05, 3.63) is 71.3 Å². The van der Waals surface area contributed by atoms with E-state index in [0.717, 1.165) is 28.0 Å². The second-order valence-electron chi connectivity index (χ2n) is 9.23. The topological polar surface area (TPSA) is 90.0 Å². The molecule has 0 saturated carbocycles. The maximum absolute atomic E-state index is 13.7. The Kier molecular flexibility index (Phi) is 6.17. The minimum atomic E-state index is -0.615. The molecule has 0 radical (unpaired) electrons. The Morgan fingerprint density at radius 1 is 0.818 bits per heavy atom. The Bertz CT molecular complexity index is 1340. The van der Waals surface area contributed by atoms with Gasteiger partial charge in [0.05, 0.1) is 33.7 Å². The molecule has 4 aromatic rings. The van der Waals surface area contributed by atoms with E-state index in [1.54, 1.807) is 4.52 Å². The minimum absolute atomic E-state index is 0.0550. The lowest BCUT2D eigenvalue weighted by Gasteiger charge is -2.16. The molecule has 0 aliphatic rings. The standard InChI is InChI=1S/C26H32N6O/c1-15(2)23-21(19-11-7-9-13-31(19)29-23)25(17(5)27)28-18(6)26(33)22-20-12-8-10-14-32(20)30-24(22)16(3)4/h7-18H,27H2,1-6H3. The van der Waals surface area contributed by atoms with Crippen molar-refractivity contribution in [3.63, 3.8) is 0 Å². The zero-order valence-corrected chi connectivity index (χ0v) is 20.1. The van der Waals surface area contributed by atoms with Crippen LogP contribution in [0.3, 0.4) is 0 Å². The zero-order chi connectivity index (χ0) is 23.9. The van der Waals surface area contributed by atoms with Crippen molar-refractivity contribution in [3.8, 4) is 0 Å². The predicted octanol–water partition coefficient (Wildman–Crippen LogP) is 4.64. The first kappa shape index (κ1) is 22.9. The number of carbonyl (C=O) groups is 1. The fourth-order valence-electron chi connectivity index (χ4n) is 4.24. The van der Waals surface area contributed by atoms with Crippen LogP contribution in [-0.2, 0) is 0 Å². The molecule has 7 heteroatoms. The lowest BCUT2D eigenvalue weighted by atomic mass is 9.95. The molecule has 0 aliphatic heterocycles. The monoisotopic (exact) mass is 444 g/mol. The van der Waals surface area contributed by atoms with Crippen molar-refractivity contribution < 1.29 is 4.79 Å². The first-order chi connectivity index (χ1) is 15.7. The molecule has 0 aromatic carbocycles. The van der Waals surface area contributed by atoms with Gasteiger partial charge in [0.15, 0.2) is 5.78 Å². The molecule has 172 valence electrons. The summed E-state index contributed by atoms with van der Waals surface area (Å²) >= 11 is 0. The van der Waals surface area contributed by atoms with Gasteiger partial charge in [0.2, 0.25) is 0 Å². The number of carbonyl (C=O) groups excluding carboxylic acids is 1. The van der Waals surface area contributed by atoms with Crippen LogP contribution in [0, 0.1) is 0 Å². The van der Waals surface area contributed by atoms with E-state index >= 15 is 0 Å². The van der Waals surface area contributed by atoms with Crippen molar-refractivity contribution in [1.29, 1.82) is 0 Å². The third-order valence-corrected chi connectivity index (χ3v) is 5.87. The molecule has 0 aliphatic carbocycles. The summed E-state index contributed by atoms with van der Waals surface area (Å²) in [7, 11) is 0. The van der Waals surface area contributed by atoms with Crippen LogP contribution in [0.4, 0.5) is 0 Å². The number of rotatable bonds is 7. The van der Waals surface area contributed by atoms with Crippen molar-refractivity contribution in [2.45, 2.75) is 65.5 Å². The van der Waals surface area contributed by atoms with Gasteiger partial charge in [-0.3, -0.25) is 9.79 Å². The van der Waals surface area contributed by atoms with E-state index in [9.17, 15) is 4.79 Å². The highest BCUT2D eigenvalue weighted by molar-refractivity contribution is 6.13. The zero-order valence-electron chi connectivity index (χ0n) is 20.1. The molecule has 0 amide bonds. The highest BCUT2D eigenvalue weighted by Gasteiger charge is 2.28. The highest BCUT2D eigenvalue weighted by atomic mass is 16.1. The Morgan fingerprint density at radius 3 is 1.79 bits per heavy atom. The normalized spacial score (nSPS) is 14.5. The molecule has 0 fully saturated rings. The van der Waals surface area contributed by atoms with E-state index in [0.29, 0.717) is 11.3 Å². The van der Waals surface area contributed by atoms with Gasteiger partial charge < -0.3 is 5.73 Å². The molecule has 0 bridgehead atoms. The van der Waals surface area contributed by atoms with E-state index < -0.39 is 6.04 Å². The van der Waals surface area contributed by atoms with Crippen molar-refractivity contribution in [2.24, 2.45) is 10.7 Å². The molecule has 33 heavy (non-hydrogen) atoms. The number of nitrogens with two attached hydrogens (primary N) is 1. The van der Waals surface area contributed by atoms with Crippen LogP contribution in [0.1, 0.15) is 80.7 Å². The number of pyridine rings is 2. The van der Waals surface area contributed by atoms with Gasteiger partial charge in [-0.05, 0) is 49.9 Å². The van der Waals surface area contributed by atoms with Gasteiger partial charge in [0.25, 0.3) is 0 Å². The van der Waals surface area contributed by atoms with E-state index in [-0.39, 0.29) is 23.7 Å². The van der Waals surface area contributed by atoms with Crippen LogP contribution in [-0.4, -0.2) is 42.8 Å². The number of hydrogen-bond acceptors (Lipinski definition) is 5. The summed E-state index contributed by atoms with van der Waals surface area (Å²) in [6.45, 7) is 12.0. The van der Waals surface area contributed by atoms with Crippen LogP contribution < -0.4 is 5.73 Å². The van der Waals surface area contributed by atoms with Gasteiger partial charge in [-0.1, -0.05) is 39.8 Å². The minimum Gasteiger partial charge on any atom is -0.323 e. The first-order valence-electron chi connectivity index (χ1n) is 11.5. The molecule has 0 saturated heterocycles. The van der Waals surface area contributed by atoms with E-state index in [4.69, 9.17) is 15.8 Å². The van der Waals surface area contributed by atoms with Gasteiger partial charge in [-0.15, -0.1) is 0 Å². The number of Topliss-reactive ketones (excluding diaryl/α,β-unsaturated/α-hetero) is 1. The summed E-state index contributed by atoms with van der Waals surface area (Å²) in [6.07, 6.45) is 3.79. The average Bonchev–Trinajstić information content (AvgIpc) is 3.36. The Balaban J connectivity index is 1.85. The molecule has 2 N–H and O–H groups in total. The fraction of sp³-hybridized carbons (Fsp3) is 0.385. The molecular weight excluding hydrogens is 412 g/mol. The summed E-state index contributed by atoms with van der Waals surface area (Å²) < 4.78 is 3.63. The Morgan fingerprint density at radius 2 is 1.30 bits per heavy atom. The number of aliphatic imine (C=N–C) groups is 1. The number of nitrogens with zero attached hydrogens (tertiary/aromatic N) is 5. The third kappa shape index (κ3) is 4.09. The number of hydrogen-bond donors (Lipinski definition) is 1. The van der Waals surface area contributed by atoms with Crippen LogP contribution in [0.15, 0.2) is 53.8 Å². The fourth-order valence-corrected chi connectivity index (χ4v) is 4.24. The summed E-state index contributed by atoms with van der Waals surface area (Å²) in [5.41, 5.74) is 12.1. The molecule has 4 rings (SSSR count). The van der Waals surface area contributed by atoms with E-state index in [1.807, 2.05) is 81.0 Å². The number of ketones is 1. The third-order valence-electron chi connectivity index (χ3n) is 5.87. The van der Waals surface area contributed by atoms with Gasteiger partial charge in [0, 0.05) is 24.0 Å². The van der Waals surface area contributed by atoms with Crippen LogP contribution in [0.25, 0.3) is 11.0 Å². The first-order valence-corrected chi connectivity index (χ1v) is 11.5. The molecule has 4 heterocycles. The molecule has 7 nitrogen and oxygen atoms in total. The molecular formula is C26H32N6O. The van der Waals surface area contributed by atoms with Crippen molar-refractivity contribution >= 4 is 22.5 Å². The van der Waals surface area contributed by atoms with Crippen LogP contribution in [0.5, 0.6) is 0 Å². The van der Waals surface area contributed by atoms with Crippen molar-refractivity contribution in [2.75, 3.05) is 0 Å². The lowest BCUT2D eigenvalue weighted by molar-refractivity contribution is 0.0969. The van der Waals surface area contributed by atoms with Gasteiger partial charge in [0.1, 0.15) is 6.04 Å². The molecule has 2 atom stereocenters. The predicted molar refractivity (Wildman–Crippen MR) is 133 cm³/mol. The lowest BCUT2D eigenvalue weighted by Crippen LogP contribution is -2.31. The van der Waals surface area contributed by atoms with Gasteiger partial charge in [-0.25, -0.2) is 9.03 Å². The largest absolute Gasteiger partial charge is 0.323 e. The summed E-state index contributed by atoms with van der Waals surface area (Å²) in [5, 5.41) is 9.45. The van der Waals surface area contributed by atoms with E-state index in [2.05, 4.69) is 18.9 Å². The van der Waals surface area contributed by atoms with E-state index in [1.165, 1.54) is 0 Å². The van der Waals surface area contributed by atoms with Gasteiger partial charge >= 0.3 is 0 Å². The van der Waals surface area contributed by atoms with Crippen LogP contribution >= 0.6 is 0 Å². The number of aromatic nitrogens is 4. The summed E-state index contributed by atoms with van der Waals surface area (Å²) in [5.74, 6) is 0.239.